The predicted octanol–water partition coefficient (Wildman–Crippen LogP) is 3.82. The van der Waals surface area contributed by atoms with E-state index >= 15 is 0 Å². The van der Waals surface area contributed by atoms with Crippen molar-refractivity contribution in [1.82, 2.24) is 4.98 Å². The van der Waals surface area contributed by atoms with Crippen LogP contribution in [0.1, 0.15) is 11.3 Å². The van der Waals surface area contributed by atoms with Crippen molar-refractivity contribution < 1.29 is 20.1 Å². The van der Waals surface area contributed by atoms with E-state index in [2.05, 4.69) is 53.5 Å². The van der Waals surface area contributed by atoms with Crippen LogP contribution in [0.4, 0.5) is 0 Å². The maximum Gasteiger partial charge on any atom is 0.0705 e. The Morgan fingerprint density at radius 2 is 1.44 bits per heavy atom. The van der Waals surface area contributed by atoms with Gasteiger partial charge in [0, 0.05) is 37.6 Å². The first kappa shape index (κ1) is 12.9. The fraction of sp³-hybridized carbons (Fsp3) is 0.0625. The largest absolute Gasteiger partial charge is 0.252 e. The molecule has 3 rings (SSSR count). The maximum atomic E-state index is 4.67. The van der Waals surface area contributed by atoms with Crippen LogP contribution in [0, 0.1) is 0 Å². The second kappa shape index (κ2) is 5.90. The van der Waals surface area contributed by atoms with Gasteiger partial charge >= 0.3 is 0 Å². The molecule has 0 atom stereocenters. The van der Waals surface area contributed by atoms with Gasteiger partial charge in [-0.15, -0.1) is 0 Å². The van der Waals surface area contributed by atoms with Gasteiger partial charge in [-0.2, -0.15) is 0 Å². The summed E-state index contributed by atoms with van der Waals surface area (Å²) in [6.45, 7) is 0. The zero-order valence-electron chi connectivity index (χ0n) is 9.84. The SMILES string of the molecule is [Ir].c1ccc(Cc2ccc3ccccc3n2)cc1. The van der Waals surface area contributed by atoms with E-state index in [0.717, 1.165) is 17.6 Å². The molecule has 0 N–H and O–H groups in total. The molecule has 0 bridgehead atoms. The molecule has 1 radical (unpaired) electrons. The van der Waals surface area contributed by atoms with Gasteiger partial charge in [0.05, 0.1) is 5.52 Å². The summed E-state index contributed by atoms with van der Waals surface area (Å²) in [6.07, 6.45) is 0.895. The van der Waals surface area contributed by atoms with E-state index in [0.29, 0.717) is 0 Å². The number of aromatic nitrogens is 1. The van der Waals surface area contributed by atoms with E-state index in [1.54, 1.807) is 0 Å². The van der Waals surface area contributed by atoms with Crippen molar-refractivity contribution in [3.05, 3.63) is 78.0 Å². The fourth-order valence-corrected chi connectivity index (χ4v) is 2.01. The van der Waals surface area contributed by atoms with E-state index in [1.807, 2.05) is 18.2 Å². The number of nitrogens with zero attached hydrogens (tertiary/aromatic N) is 1. The van der Waals surface area contributed by atoms with Crippen molar-refractivity contribution in [2.75, 3.05) is 0 Å². The number of pyridine rings is 1. The van der Waals surface area contributed by atoms with Crippen molar-refractivity contribution in [1.29, 1.82) is 0 Å². The summed E-state index contributed by atoms with van der Waals surface area (Å²) >= 11 is 0. The van der Waals surface area contributed by atoms with Crippen LogP contribution in [0.3, 0.4) is 0 Å². The smallest absolute Gasteiger partial charge is 0.0705 e. The summed E-state index contributed by atoms with van der Waals surface area (Å²) in [5, 5.41) is 1.20. The molecule has 0 saturated carbocycles. The van der Waals surface area contributed by atoms with Gasteiger partial charge in [-0.25, -0.2) is 0 Å². The second-order valence-corrected chi connectivity index (χ2v) is 4.16. The Balaban J connectivity index is 0.00000120. The normalized spacial score (nSPS) is 10.0. The molecule has 1 nitrogen and oxygen atoms in total. The van der Waals surface area contributed by atoms with Crippen LogP contribution < -0.4 is 0 Å². The molecule has 91 valence electrons. The monoisotopic (exact) mass is 412 g/mol. The molecule has 0 aliphatic rings. The first-order chi connectivity index (χ1) is 8.42. The average Bonchev–Trinajstić information content (AvgIpc) is 2.40. The molecule has 2 heteroatoms. The third-order valence-electron chi connectivity index (χ3n) is 2.88. The Morgan fingerprint density at radius 3 is 2.28 bits per heavy atom. The quantitative estimate of drug-likeness (QED) is 0.625. The van der Waals surface area contributed by atoms with Crippen LogP contribution >= 0.6 is 0 Å². The van der Waals surface area contributed by atoms with Crippen LogP contribution in [0.25, 0.3) is 10.9 Å². The molecular formula is C16H13IrN. The fourth-order valence-electron chi connectivity index (χ4n) is 2.01. The van der Waals surface area contributed by atoms with Crippen molar-refractivity contribution in [3.63, 3.8) is 0 Å². The predicted molar refractivity (Wildman–Crippen MR) is 71.0 cm³/mol. The van der Waals surface area contributed by atoms with Gasteiger partial charge in [0.1, 0.15) is 0 Å². The number of rotatable bonds is 2. The van der Waals surface area contributed by atoms with E-state index in [-0.39, 0.29) is 20.1 Å². The Kier molecular flexibility index (Phi) is 4.24. The summed E-state index contributed by atoms with van der Waals surface area (Å²) in [5.41, 5.74) is 3.49. The third kappa shape index (κ3) is 2.84. The van der Waals surface area contributed by atoms with Gasteiger partial charge in [-0.05, 0) is 17.7 Å². The van der Waals surface area contributed by atoms with Crippen molar-refractivity contribution in [3.8, 4) is 0 Å². The number of benzene rings is 2. The molecule has 0 spiro atoms. The van der Waals surface area contributed by atoms with Crippen LogP contribution in [-0.4, -0.2) is 4.98 Å². The van der Waals surface area contributed by atoms with Gasteiger partial charge in [0.2, 0.25) is 0 Å². The van der Waals surface area contributed by atoms with Gasteiger partial charge in [0.15, 0.2) is 0 Å². The van der Waals surface area contributed by atoms with E-state index in [9.17, 15) is 0 Å². The number of fused-ring (bicyclic) bond motifs is 1. The molecule has 1 aromatic heterocycles. The van der Waals surface area contributed by atoms with Crippen LogP contribution in [-0.2, 0) is 26.5 Å². The van der Waals surface area contributed by atoms with Gasteiger partial charge in [-0.1, -0.05) is 54.6 Å². The topological polar surface area (TPSA) is 12.9 Å². The van der Waals surface area contributed by atoms with E-state index < -0.39 is 0 Å². The second-order valence-electron chi connectivity index (χ2n) is 4.16. The number of hydrogen-bond acceptors (Lipinski definition) is 1. The summed E-state index contributed by atoms with van der Waals surface area (Å²) in [4.78, 5) is 4.67. The van der Waals surface area contributed by atoms with Crippen molar-refractivity contribution in [2.24, 2.45) is 0 Å². The Morgan fingerprint density at radius 1 is 0.722 bits per heavy atom. The third-order valence-corrected chi connectivity index (χ3v) is 2.88. The molecule has 18 heavy (non-hydrogen) atoms. The van der Waals surface area contributed by atoms with Crippen molar-refractivity contribution >= 4 is 10.9 Å². The summed E-state index contributed by atoms with van der Waals surface area (Å²) in [7, 11) is 0. The summed E-state index contributed by atoms with van der Waals surface area (Å²) in [5.74, 6) is 0. The Bertz CT molecular complexity index is 635. The van der Waals surface area contributed by atoms with Crippen LogP contribution in [0.5, 0.6) is 0 Å². The zero-order chi connectivity index (χ0) is 11.5. The van der Waals surface area contributed by atoms with Crippen LogP contribution in [0.2, 0.25) is 0 Å². The Hall–Kier alpha value is -1.50. The van der Waals surface area contributed by atoms with Crippen molar-refractivity contribution in [2.45, 2.75) is 6.42 Å². The van der Waals surface area contributed by atoms with E-state index in [4.69, 9.17) is 0 Å². The number of para-hydroxylation sites is 1. The zero-order valence-corrected chi connectivity index (χ0v) is 12.2. The molecule has 0 amide bonds. The molecular weight excluding hydrogens is 398 g/mol. The minimum atomic E-state index is 0. The summed E-state index contributed by atoms with van der Waals surface area (Å²) in [6, 6.07) is 22.9. The molecule has 0 aliphatic heterocycles. The molecule has 0 aliphatic carbocycles. The van der Waals surface area contributed by atoms with Gasteiger partial charge < -0.3 is 0 Å². The molecule has 0 saturated heterocycles. The molecule has 0 unspecified atom stereocenters. The molecule has 0 fully saturated rings. The van der Waals surface area contributed by atoms with Gasteiger partial charge in [-0.3, -0.25) is 4.98 Å². The molecule has 2 aromatic carbocycles. The average molecular weight is 412 g/mol. The van der Waals surface area contributed by atoms with Gasteiger partial charge in [0.25, 0.3) is 0 Å². The maximum absolute atomic E-state index is 4.67. The first-order valence-corrected chi connectivity index (χ1v) is 5.80. The molecule has 3 aromatic rings. The minimum absolute atomic E-state index is 0. The van der Waals surface area contributed by atoms with Crippen LogP contribution in [0.15, 0.2) is 66.7 Å². The minimum Gasteiger partial charge on any atom is -0.252 e. The summed E-state index contributed by atoms with van der Waals surface area (Å²) < 4.78 is 0. The van der Waals surface area contributed by atoms with E-state index in [1.165, 1.54) is 10.9 Å². The first-order valence-electron chi connectivity index (χ1n) is 5.80. The standard InChI is InChI=1S/C16H13N.Ir/c1-2-6-13(7-3-1)12-15-11-10-14-8-4-5-9-16(14)17-15;/h1-11H,12H2;. The Labute approximate surface area is 120 Å². The molecule has 1 heterocycles. The number of hydrogen-bond donors (Lipinski definition) is 0.